The van der Waals surface area contributed by atoms with E-state index < -0.39 is 0 Å². The predicted molar refractivity (Wildman–Crippen MR) is 71.8 cm³/mol. The molecule has 0 radical (unpaired) electrons. The molecule has 0 bridgehead atoms. The summed E-state index contributed by atoms with van der Waals surface area (Å²) in [4.78, 5) is 2.40. The van der Waals surface area contributed by atoms with Gasteiger partial charge < -0.3 is 5.32 Å². The number of hydrogen-bond acceptors (Lipinski definition) is 3. The molecule has 1 aromatic heterocycles. The molecular weight excluding hydrogens is 224 g/mol. The van der Waals surface area contributed by atoms with Gasteiger partial charge in [0.1, 0.15) is 0 Å². The van der Waals surface area contributed by atoms with Crippen molar-refractivity contribution in [3.05, 3.63) is 48.3 Å². The van der Waals surface area contributed by atoms with E-state index in [1.165, 1.54) is 5.56 Å². The molecule has 1 saturated heterocycles. The third-order valence-corrected chi connectivity index (χ3v) is 3.56. The van der Waals surface area contributed by atoms with Crippen LogP contribution in [0.5, 0.6) is 0 Å². The topological polar surface area (TPSA) is 33.1 Å². The van der Waals surface area contributed by atoms with Crippen molar-refractivity contribution in [2.45, 2.75) is 6.04 Å². The highest BCUT2D eigenvalue weighted by molar-refractivity contribution is 5.35. The number of aromatic nitrogens is 2. The number of piperazine rings is 1. The van der Waals surface area contributed by atoms with Crippen molar-refractivity contribution in [2.75, 3.05) is 26.7 Å². The van der Waals surface area contributed by atoms with E-state index in [1.807, 2.05) is 16.9 Å². The Morgan fingerprint density at radius 3 is 2.78 bits per heavy atom. The van der Waals surface area contributed by atoms with Crippen molar-refractivity contribution in [1.29, 1.82) is 0 Å². The van der Waals surface area contributed by atoms with E-state index in [0.717, 1.165) is 25.3 Å². The van der Waals surface area contributed by atoms with Gasteiger partial charge in [0, 0.05) is 38.1 Å². The maximum Gasteiger partial charge on any atom is 0.0645 e. The average Bonchev–Trinajstić information content (AvgIpc) is 2.94. The molecule has 2 heterocycles. The Bertz CT molecular complexity index is 489. The Morgan fingerprint density at radius 1 is 1.28 bits per heavy atom. The van der Waals surface area contributed by atoms with Crippen LogP contribution in [0, 0.1) is 0 Å². The van der Waals surface area contributed by atoms with Gasteiger partial charge in [0.2, 0.25) is 0 Å². The molecule has 0 saturated carbocycles. The summed E-state index contributed by atoms with van der Waals surface area (Å²) >= 11 is 0. The molecule has 4 nitrogen and oxygen atoms in total. The molecule has 1 aromatic carbocycles. The number of benzene rings is 1. The van der Waals surface area contributed by atoms with Gasteiger partial charge in [-0.2, -0.15) is 5.10 Å². The van der Waals surface area contributed by atoms with E-state index >= 15 is 0 Å². The lowest BCUT2D eigenvalue weighted by Gasteiger charge is -2.33. The van der Waals surface area contributed by atoms with Crippen molar-refractivity contribution < 1.29 is 0 Å². The highest BCUT2D eigenvalue weighted by Crippen LogP contribution is 2.21. The highest BCUT2D eigenvalue weighted by atomic mass is 15.3. The zero-order valence-electron chi connectivity index (χ0n) is 10.6. The lowest BCUT2D eigenvalue weighted by molar-refractivity contribution is 0.202. The monoisotopic (exact) mass is 242 g/mol. The van der Waals surface area contributed by atoms with E-state index in [4.69, 9.17) is 0 Å². The van der Waals surface area contributed by atoms with Crippen LogP contribution in [0.25, 0.3) is 5.69 Å². The summed E-state index contributed by atoms with van der Waals surface area (Å²) in [6.07, 6.45) is 3.76. The fraction of sp³-hybridized carbons (Fsp3) is 0.357. The molecule has 1 atom stereocenters. The summed E-state index contributed by atoms with van der Waals surface area (Å²) in [6.45, 7) is 3.21. The smallest absolute Gasteiger partial charge is 0.0645 e. The molecule has 2 aromatic rings. The fourth-order valence-electron chi connectivity index (χ4n) is 2.45. The van der Waals surface area contributed by atoms with Crippen molar-refractivity contribution in [1.82, 2.24) is 20.0 Å². The summed E-state index contributed by atoms with van der Waals surface area (Å²) < 4.78 is 1.88. The molecule has 1 aliphatic rings. The second kappa shape index (κ2) is 4.92. The van der Waals surface area contributed by atoms with Gasteiger partial charge in [-0.15, -0.1) is 0 Å². The van der Waals surface area contributed by atoms with Gasteiger partial charge >= 0.3 is 0 Å². The molecule has 0 aliphatic carbocycles. The minimum Gasteiger partial charge on any atom is -0.314 e. The van der Waals surface area contributed by atoms with E-state index in [2.05, 4.69) is 46.6 Å². The first-order valence-electron chi connectivity index (χ1n) is 6.35. The molecule has 3 rings (SSSR count). The third-order valence-electron chi connectivity index (χ3n) is 3.56. The van der Waals surface area contributed by atoms with Gasteiger partial charge in [-0.05, 0) is 30.8 Å². The highest BCUT2D eigenvalue weighted by Gasteiger charge is 2.19. The second-order valence-electron chi connectivity index (χ2n) is 4.74. The van der Waals surface area contributed by atoms with Crippen LogP contribution in [0.1, 0.15) is 11.6 Å². The Labute approximate surface area is 107 Å². The SMILES string of the molecule is CN1CCNCC1c1ccc(-n2cccn2)cc1. The molecule has 1 N–H and O–H groups in total. The van der Waals surface area contributed by atoms with Crippen LogP contribution in [0.4, 0.5) is 0 Å². The minimum absolute atomic E-state index is 0.477. The van der Waals surface area contributed by atoms with Crippen LogP contribution in [-0.2, 0) is 0 Å². The minimum atomic E-state index is 0.477. The van der Waals surface area contributed by atoms with Crippen LogP contribution in [0.15, 0.2) is 42.7 Å². The first kappa shape index (κ1) is 11.4. The Morgan fingerprint density at radius 2 is 2.11 bits per heavy atom. The summed E-state index contributed by atoms with van der Waals surface area (Å²) in [5.74, 6) is 0. The van der Waals surface area contributed by atoms with Crippen LogP contribution < -0.4 is 5.32 Å². The van der Waals surface area contributed by atoms with Crippen LogP contribution in [0.3, 0.4) is 0 Å². The molecule has 94 valence electrons. The van der Waals surface area contributed by atoms with Crippen molar-refractivity contribution >= 4 is 0 Å². The maximum absolute atomic E-state index is 4.24. The molecule has 1 unspecified atom stereocenters. The third kappa shape index (κ3) is 2.17. The van der Waals surface area contributed by atoms with Gasteiger partial charge in [0.25, 0.3) is 0 Å². The van der Waals surface area contributed by atoms with E-state index in [1.54, 1.807) is 6.20 Å². The summed E-state index contributed by atoms with van der Waals surface area (Å²) in [5.41, 5.74) is 2.47. The van der Waals surface area contributed by atoms with Crippen molar-refractivity contribution in [3.8, 4) is 5.69 Å². The van der Waals surface area contributed by atoms with Gasteiger partial charge in [-0.1, -0.05) is 12.1 Å². The molecule has 0 spiro atoms. The Hall–Kier alpha value is -1.65. The first-order chi connectivity index (χ1) is 8.84. The summed E-state index contributed by atoms with van der Waals surface area (Å²) in [7, 11) is 2.19. The van der Waals surface area contributed by atoms with E-state index in [-0.39, 0.29) is 0 Å². The number of likely N-dealkylation sites (N-methyl/N-ethyl adjacent to an activating group) is 1. The van der Waals surface area contributed by atoms with Crippen molar-refractivity contribution in [2.24, 2.45) is 0 Å². The largest absolute Gasteiger partial charge is 0.314 e. The van der Waals surface area contributed by atoms with Crippen LogP contribution >= 0.6 is 0 Å². The fourth-order valence-corrected chi connectivity index (χ4v) is 2.45. The van der Waals surface area contributed by atoms with Gasteiger partial charge in [-0.25, -0.2) is 4.68 Å². The van der Waals surface area contributed by atoms with Gasteiger partial charge in [-0.3, -0.25) is 4.90 Å². The molecule has 1 fully saturated rings. The van der Waals surface area contributed by atoms with Crippen LogP contribution in [0.2, 0.25) is 0 Å². The normalized spacial score (nSPS) is 21.1. The summed E-state index contributed by atoms with van der Waals surface area (Å²) in [6, 6.07) is 11.1. The molecule has 1 aliphatic heterocycles. The predicted octanol–water partition coefficient (Wildman–Crippen LogP) is 1.45. The maximum atomic E-state index is 4.24. The lowest BCUT2D eigenvalue weighted by atomic mass is 10.0. The lowest BCUT2D eigenvalue weighted by Crippen LogP contribution is -2.43. The van der Waals surface area contributed by atoms with Gasteiger partial charge in [0.05, 0.1) is 5.69 Å². The Balaban J connectivity index is 1.82. The molecular formula is C14H18N4. The first-order valence-corrected chi connectivity index (χ1v) is 6.35. The quantitative estimate of drug-likeness (QED) is 0.865. The van der Waals surface area contributed by atoms with Gasteiger partial charge in [0.15, 0.2) is 0 Å². The number of nitrogens with one attached hydrogen (secondary N) is 1. The second-order valence-corrected chi connectivity index (χ2v) is 4.74. The van der Waals surface area contributed by atoms with E-state index in [9.17, 15) is 0 Å². The number of rotatable bonds is 2. The van der Waals surface area contributed by atoms with Crippen molar-refractivity contribution in [3.63, 3.8) is 0 Å². The zero-order valence-corrected chi connectivity index (χ0v) is 10.6. The zero-order chi connectivity index (χ0) is 12.4. The number of hydrogen-bond donors (Lipinski definition) is 1. The molecule has 0 amide bonds. The average molecular weight is 242 g/mol. The summed E-state index contributed by atoms with van der Waals surface area (Å²) in [5, 5.41) is 7.68. The Kier molecular flexibility index (Phi) is 3.13. The standard InChI is InChI=1S/C14H18N4/c1-17-10-8-15-11-14(17)12-3-5-13(6-4-12)18-9-2-7-16-18/h2-7,9,14-15H,8,10-11H2,1H3. The van der Waals surface area contributed by atoms with Crippen LogP contribution in [-0.4, -0.2) is 41.4 Å². The molecule has 4 heteroatoms. The van der Waals surface area contributed by atoms with E-state index in [0.29, 0.717) is 6.04 Å². The molecule has 18 heavy (non-hydrogen) atoms. The number of nitrogens with zero attached hydrogens (tertiary/aromatic N) is 3.